The smallest absolute Gasteiger partial charge is 0.355 e. The summed E-state index contributed by atoms with van der Waals surface area (Å²) in [4.78, 5) is 29.0. The number of carboxylic acid groups (broad SMARTS) is 1. The Bertz CT molecular complexity index is 675. The number of nitrogens with zero attached hydrogens (tertiary/aromatic N) is 3. The molecule has 7 nitrogen and oxygen atoms in total. The number of aromatic carboxylic acids is 1. The van der Waals surface area contributed by atoms with Crippen LogP contribution in [0.5, 0.6) is 0 Å². The lowest BCUT2D eigenvalue weighted by Gasteiger charge is -2.03. The average Bonchev–Trinajstić information content (AvgIpc) is 2.39. The summed E-state index contributed by atoms with van der Waals surface area (Å²) in [6.45, 7) is 0. The zero-order chi connectivity index (χ0) is 14.0. The number of para-hydroxylation sites is 1. The van der Waals surface area contributed by atoms with E-state index in [1.165, 1.54) is 24.4 Å². The molecule has 0 unspecified atom stereocenters. The van der Waals surface area contributed by atoms with Gasteiger partial charge in [-0.05, 0) is 22.0 Å². The highest BCUT2D eigenvalue weighted by Gasteiger charge is 2.19. The van der Waals surface area contributed by atoms with E-state index < -0.39 is 10.9 Å². The number of rotatable bonds is 3. The topological polar surface area (TPSA) is 106 Å². The number of nitro benzene ring substituents is 1. The van der Waals surface area contributed by atoms with Crippen LogP contribution < -0.4 is 0 Å². The molecule has 0 atom stereocenters. The summed E-state index contributed by atoms with van der Waals surface area (Å²) in [5, 5.41) is 19.9. The number of carboxylic acids is 1. The van der Waals surface area contributed by atoms with Crippen LogP contribution >= 0.6 is 15.9 Å². The van der Waals surface area contributed by atoms with Gasteiger partial charge in [0.1, 0.15) is 0 Å². The van der Waals surface area contributed by atoms with E-state index in [-0.39, 0.29) is 27.2 Å². The van der Waals surface area contributed by atoms with Crippen LogP contribution in [0.3, 0.4) is 0 Å². The Morgan fingerprint density at radius 1 is 1.37 bits per heavy atom. The van der Waals surface area contributed by atoms with Crippen molar-refractivity contribution in [2.24, 2.45) is 0 Å². The summed E-state index contributed by atoms with van der Waals surface area (Å²) in [6, 6.07) is 5.88. The normalized spacial score (nSPS) is 10.2. The number of aromatic nitrogens is 2. The van der Waals surface area contributed by atoms with Crippen molar-refractivity contribution >= 4 is 27.6 Å². The second kappa shape index (κ2) is 5.11. The van der Waals surface area contributed by atoms with Crippen molar-refractivity contribution in [3.05, 3.63) is 50.7 Å². The van der Waals surface area contributed by atoms with Crippen molar-refractivity contribution in [2.75, 3.05) is 0 Å². The van der Waals surface area contributed by atoms with Crippen LogP contribution in [-0.2, 0) is 0 Å². The molecule has 0 amide bonds. The lowest BCUT2D eigenvalue weighted by atomic mass is 10.1. The Morgan fingerprint density at radius 3 is 2.68 bits per heavy atom. The second-order valence-corrected chi connectivity index (χ2v) is 4.32. The van der Waals surface area contributed by atoms with Gasteiger partial charge in [-0.25, -0.2) is 14.8 Å². The van der Waals surface area contributed by atoms with Crippen LogP contribution in [0, 0.1) is 10.1 Å². The highest BCUT2D eigenvalue weighted by Crippen LogP contribution is 2.27. The first kappa shape index (κ1) is 13.1. The fraction of sp³-hybridized carbons (Fsp3) is 0. The van der Waals surface area contributed by atoms with Gasteiger partial charge in [0.05, 0.1) is 15.0 Å². The molecule has 0 aliphatic heterocycles. The molecular formula is C11H6BrN3O4. The first-order valence-electron chi connectivity index (χ1n) is 5.00. The molecule has 0 bridgehead atoms. The van der Waals surface area contributed by atoms with Gasteiger partial charge in [-0.2, -0.15) is 0 Å². The maximum absolute atomic E-state index is 11.0. The van der Waals surface area contributed by atoms with Crippen molar-refractivity contribution in [2.45, 2.75) is 0 Å². The molecule has 0 saturated heterocycles. The van der Waals surface area contributed by atoms with E-state index in [1.54, 1.807) is 6.07 Å². The third-order valence-electron chi connectivity index (χ3n) is 2.29. The number of nitro groups is 1. The quantitative estimate of drug-likeness (QED) is 0.687. The van der Waals surface area contributed by atoms with Crippen molar-refractivity contribution in [1.82, 2.24) is 9.97 Å². The van der Waals surface area contributed by atoms with Gasteiger partial charge in [0.2, 0.25) is 0 Å². The first-order valence-corrected chi connectivity index (χ1v) is 5.79. The van der Waals surface area contributed by atoms with E-state index in [0.29, 0.717) is 0 Å². The number of halogens is 1. The fourth-order valence-corrected chi connectivity index (χ4v) is 1.83. The van der Waals surface area contributed by atoms with E-state index in [9.17, 15) is 14.9 Å². The Hall–Kier alpha value is -2.35. The molecule has 1 heterocycles. The summed E-state index contributed by atoms with van der Waals surface area (Å²) in [7, 11) is 0. The predicted molar refractivity (Wildman–Crippen MR) is 68.8 cm³/mol. The summed E-state index contributed by atoms with van der Waals surface area (Å²) < 4.78 is 0.210. The summed E-state index contributed by atoms with van der Waals surface area (Å²) >= 11 is 3.01. The Morgan fingerprint density at radius 2 is 2.05 bits per heavy atom. The lowest BCUT2D eigenvalue weighted by Crippen LogP contribution is -2.05. The van der Waals surface area contributed by atoms with E-state index in [4.69, 9.17) is 5.11 Å². The zero-order valence-electron chi connectivity index (χ0n) is 9.28. The van der Waals surface area contributed by atoms with Crippen LogP contribution in [0.2, 0.25) is 0 Å². The number of carbonyl (C=O) groups is 1. The molecule has 19 heavy (non-hydrogen) atoms. The van der Waals surface area contributed by atoms with Gasteiger partial charge in [0.15, 0.2) is 11.5 Å². The number of hydrogen-bond acceptors (Lipinski definition) is 5. The summed E-state index contributed by atoms with van der Waals surface area (Å²) in [5.41, 5.74) is -0.258. The van der Waals surface area contributed by atoms with Gasteiger partial charge in [-0.1, -0.05) is 12.1 Å². The maximum Gasteiger partial charge on any atom is 0.355 e. The van der Waals surface area contributed by atoms with E-state index in [1.807, 2.05) is 0 Å². The monoisotopic (exact) mass is 323 g/mol. The molecule has 0 aliphatic carbocycles. The van der Waals surface area contributed by atoms with Crippen molar-refractivity contribution in [1.29, 1.82) is 0 Å². The van der Waals surface area contributed by atoms with Crippen LogP contribution in [0.25, 0.3) is 11.4 Å². The van der Waals surface area contributed by atoms with Gasteiger partial charge in [0.25, 0.3) is 5.69 Å². The van der Waals surface area contributed by atoms with E-state index >= 15 is 0 Å². The minimum Gasteiger partial charge on any atom is -0.476 e. The minimum absolute atomic E-state index is 0.00657. The molecule has 1 N–H and O–H groups in total. The number of benzene rings is 1. The molecular weight excluding hydrogens is 318 g/mol. The molecule has 0 fully saturated rings. The van der Waals surface area contributed by atoms with Gasteiger partial charge in [-0.15, -0.1) is 0 Å². The Balaban J connectivity index is 2.63. The molecule has 2 rings (SSSR count). The molecule has 96 valence electrons. The zero-order valence-corrected chi connectivity index (χ0v) is 10.9. The summed E-state index contributed by atoms with van der Waals surface area (Å²) in [6.07, 6.45) is 1.25. The SMILES string of the molecule is O=C(O)c1nc(-c2ccccc2[N+](=O)[O-])ncc1Br. The van der Waals surface area contributed by atoms with E-state index in [2.05, 4.69) is 25.9 Å². The van der Waals surface area contributed by atoms with Crippen LogP contribution in [-0.4, -0.2) is 26.0 Å². The van der Waals surface area contributed by atoms with Crippen LogP contribution in [0.15, 0.2) is 34.9 Å². The number of hydrogen-bond donors (Lipinski definition) is 1. The van der Waals surface area contributed by atoms with Crippen molar-refractivity contribution in [3.63, 3.8) is 0 Å². The second-order valence-electron chi connectivity index (χ2n) is 3.47. The molecule has 2 aromatic rings. The predicted octanol–water partition coefficient (Wildman–Crippen LogP) is 2.51. The molecule has 0 saturated carbocycles. The van der Waals surface area contributed by atoms with Crippen molar-refractivity contribution in [3.8, 4) is 11.4 Å². The van der Waals surface area contributed by atoms with Gasteiger partial charge in [0, 0.05) is 12.3 Å². The van der Waals surface area contributed by atoms with Crippen LogP contribution in [0.1, 0.15) is 10.5 Å². The fourth-order valence-electron chi connectivity index (χ4n) is 1.47. The van der Waals surface area contributed by atoms with Gasteiger partial charge < -0.3 is 5.11 Å². The largest absolute Gasteiger partial charge is 0.476 e. The summed E-state index contributed by atoms with van der Waals surface area (Å²) in [5.74, 6) is -1.25. The van der Waals surface area contributed by atoms with Crippen molar-refractivity contribution < 1.29 is 14.8 Å². The average molecular weight is 324 g/mol. The molecule has 0 radical (unpaired) electrons. The third kappa shape index (κ3) is 2.58. The minimum atomic E-state index is -1.24. The maximum atomic E-state index is 11.0. The third-order valence-corrected chi connectivity index (χ3v) is 2.87. The van der Waals surface area contributed by atoms with Gasteiger partial charge >= 0.3 is 5.97 Å². The first-order chi connectivity index (χ1) is 9.00. The molecule has 1 aromatic heterocycles. The highest BCUT2D eigenvalue weighted by molar-refractivity contribution is 9.10. The standard InChI is InChI=1S/C11H6BrN3O4/c12-7-5-13-10(14-9(7)11(16)17)6-3-1-2-4-8(6)15(18)19/h1-5H,(H,16,17). The molecule has 0 aliphatic rings. The molecule has 8 heteroatoms. The highest BCUT2D eigenvalue weighted by atomic mass is 79.9. The Labute approximate surface area is 115 Å². The molecule has 1 aromatic carbocycles. The molecule has 0 spiro atoms. The van der Waals surface area contributed by atoms with Gasteiger partial charge in [-0.3, -0.25) is 10.1 Å². The van der Waals surface area contributed by atoms with Crippen LogP contribution in [0.4, 0.5) is 5.69 Å². The van der Waals surface area contributed by atoms with E-state index in [0.717, 1.165) is 0 Å². The lowest BCUT2D eigenvalue weighted by molar-refractivity contribution is -0.384. The Kier molecular flexibility index (Phi) is 3.52.